The molecular formula is C25H29NO6. The lowest BCUT2D eigenvalue weighted by molar-refractivity contribution is -0.150. The number of benzene rings is 2. The summed E-state index contributed by atoms with van der Waals surface area (Å²) in [5.74, 6) is -0.624. The Labute approximate surface area is 188 Å². The zero-order valence-corrected chi connectivity index (χ0v) is 18.7. The smallest absolute Gasteiger partial charge is 0.459 e. The van der Waals surface area contributed by atoms with Crippen LogP contribution in [0.4, 0.5) is 9.59 Å². The number of carbonyl (C=O) groups is 3. The van der Waals surface area contributed by atoms with E-state index >= 15 is 0 Å². The Hall–Kier alpha value is -3.61. The highest BCUT2D eigenvalue weighted by molar-refractivity contribution is 5.86. The molecule has 1 atom stereocenters. The summed E-state index contributed by atoms with van der Waals surface area (Å²) in [6, 6.07) is 17.4. The van der Waals surface area contributed by atoms with Crippen molar-refractivity contribution in [3.63, 3.8) is 0 Å². The quantitative estimate of drug-likeness (QED) is 0.331. The molecule has 1 amide bonds. The van der Waals surface area contributed by atoms with Gasteiger partial charge in [-0.2, -0.15) is 0 Å². The van der Waals surface area contributed by atoms with E-state index in [-0.39, 0.29) is 19.6 Å². The maximum atomic E-state index is 13.0. The number of esters is 1. The maximum absolute atomic E-state index is 13.0. The van der Waals surface area contributed by atoms with Gasteiger partial charge in [0.05, 0.1) is 0 Å². The summed E-state index contributed by atoms with van der Waals surface area (Å²) in [5, 5.41) is 0. The van der Waals surface area contributed by atoms with Gasteiger partial charge in [0.2, 0.25) is 0 Å². The minimum Gasteiger partial charge on any atom is -0.459 e. The van der Waals surface area contributed by atoms with E-state index in [1.54, 1.807) is 20.8 Å². The average Bonchev–Trinajstić information content (AvgIpc) is 2.74. The van der Waals surface area contributed by atoms with E-state index in [0.717, 1.165) is 16.0 Å². The van der Waals surface area contributed by atoms with Crippen LogP contribution < -0.4 is 0 Å². The Morgan fingerprint density at radius 2 is 1.53 bits per heavy atom. The number of hydrogen-bond donors (Lipinski definition) is 0. The minimum absolute atomic E-state index is 0.0282. The average molecular weight is 440 g/mol. The molecule has 0 fully saturated rings. The van der Waals surface area contributed by atoms with Crippen LogP contribution in [-0.4, -0.2) is 41.3 Å². The number of amides is 1. The van der Waals surface area contributed by atoms with Crippen molar-refractivity contribution in [2.75, 3.05) is 6.54 Å². The van der Waals surface area contributed by atoms with Gasteiger partial charge < -0.3 is 14.2 Å². The number of ether oxygens (including phenoxy) is 3. The highest BCUT2D eigenvalue weighted by atomic mass is 16.8. The van der Waals surface area contributed by atoms with Gasteiger partial charge in [0.15, 0.2) is 0 Å². The summed E-state index contributed by atoms with van der Waals surface area (Å²) in [5.41, 5.74) is 0.790. The number of nitrogens with zero attached hydrogens (tertiary/aromatic N) is 1. The second kappa shape index (κ2) is 11.7. The number of hydrogen-bond acceptors (Lipinski definition) is 6. The summed E-state index contributed by atoms with van der Waals surface area (Å²) < 4.78 is 15.4. The first-order valence-electron chi connectivity index (χ1n) is 10.3. The molecule has 0 spiro atoms. The van der Waals surface area contributed by atoms with Crippen LogP contribution in [0.2, 0.25) is 0 Å². The molecule has 2 aromatic carbocycles. The maximum Gasteiger partial charge on any atom is 0.517 e. The van der Waals surface area contributed by atoms with Crippen molar-refractivity contribution in [3.05, 3.63) is 84.4 Å². The van der Waals surface area contributed by atoms with Crippen molar-refractivity contribution < 1.29 is 28.6 Å². The van der Waals surface area contributed by atoms with Gasteiger partial charge in [-0.1, -0.05) is 66.7 Å². The Kier molecular flexibility index (Phi) is 9.01. The van der Waals surface area contributed by atoms with Gasteiger partial charge in [0.25, 0.3) is 0 Å². The van der Waals surface area contributed by atoms with E-state index in [1.807, 2.05) is 60.7 Å². The largest absolute Gasteiger partial charge is 0.517 e. The molecular weight excluding hydrogens is 410 g/mol. The summed E-state index contributed by atoms with van der Waals surface area (Å²) in [6.45, 7) is 8.62. The molecule has 0 aliphatic carbocycles. The Morgan fingerprint density at radius 1 is 0.969 bits per heavy atom. The van der Waals surface area contributed by atoms with Crippen LogP contribution in [0.5, 0.6) is 0 Å². The van der Waals surface area contributed by atoms with E-state index < -0.39 is 29.9 Å². The van der Waals surface area contributed by atoms with E-state index in [1.165, 1.54) is 6.08 Å². The molecule has 2 aromatic rings. The van der Waals surface area contributed by atoms with Crippen LogP contribution in [0.25, 0.3) is 0 Å². The zero-order chi connectivity index (χ0) is 23.6. The number of carbonyl (C=O) groups excluding carboxylic acids is 3. The van der Waals surface area contributed by atoms with Crippen molar-refractivity contribution >= 4 is 18.2 Å². The molecule has 0 heterocycles. The van der Waals surface area contributed by atoms with Crippen molar-refractivity contribution in [1.82, 2.24) is 4.90 Å². The molecule has 0 saturated heterocycles. The third-order valence-corrected chi connectivity index (χ3v) is 4.26. The first-order valence-corrected chi connectivity index (χ1v) is 10.3. The highest BCUT2D eigenvalue weighted by Crippen LogP contribution is 2.16. The summed E-state index contributed by atoms with van der Waals surface area (Å²) in [4.78, 5) is 38.9. The fraction of sp³-hybridized carbons (Fsp3) is 0.320. The van der Waals surface area contributed by atoms with E-state index in [2.05, 4.69) is 6.58 Å². The SMILES string of the molecule is C=CCN(C(=O)OC(=O)OC(C)(C)C)[C@@H](Cc1ccccc1)C(=O)OCc1ccccc1. The third kappa shape index (κ3) is 8.26. The molecule has 0 radical (unpaired) electrons. The van der Waals surface area contributed by atoms with Crippen LogP contribution in [0.15, 0.2) is 73.3 Å². The second-order valence-electron chi connectivity index (χ2n) is 8.07. The van der Waals surface area contributed by atoms with Crippen molar-refractivity contribution in [2.45, 2.75) is 45.4 Å². The van der Waals surface area contributed by atoms with Crippen molar-refractivity contribution in [3.8, 4) is 0 Å². The Bertz CT molecular complexity index is 905. The zero-order valence-electron chi connectivity index (χ0n) is 18.7. The van der Waals surface area contributed by atoms with Crippen molar-refractivity contribution in [1.29, 1.82) is 0 Å². The molecule has 0 saturated carbocycles. The minimum atomic E-state index is -1.15. The van der Waals surface area contributed by atoms with E-state index in [4.69, 9.17) is 14.2 Å². The predicted molar refractivity (Wildman–Crippen MR) is 120 cm³/mol. The molecule has 32 heavy (non-hydrogen) atoms. The molecule has 0 bridgehead atoms. The van der Waals surface area contributed by atoms with Gasteiger partial charge in [-0.05, 0) is 31.9 Å². The van der Waals surface area contributed by atoms with Gasteiger partial charge in [0, 0.05) is 13.0 Å². The van der Waals surface area contributed by atoms with Gasteiger partial charge in [-0.25, -0.2) is 14.4 Å². The molecule has 7 heteroatoms. The molecule has 0 aliphatic rings. The van der Waals surface area contributed by atoms with E-state index in [9.17, 15) is 14.4 Å². The number of rotatable bonds is 8. The van der Waals surface area contributed by atoms with Gasteiger partial charge in [-0.3, -0.25) is 4.90 Å². The molecule has 0 N–H and O–H groups in total. The summed E-state index contributed by atoms with van der Waals surface area (Å²) >= 11 is 0. The standard InChI is InChI=1S/C25H29NO6/c1-5-16-26(23(28)31-24(29)32-25(2,3)4)21(17-19-12-8-6-9-13-19)22(27)30-18-20-14-10-7-11-15-20/h5-15,21H,1,16-18H2,2-4H3/t21-/m0/s1. The van der Waals surface area contributed by atoms with Crippen LogP contribution in [0.3, 0.4) is 0 Å². The lowest BCUT2D eigenvalue weighted by Crippen LogP contribution is -2.48. The molecule has 7 nitrogen and oxygen atoms in total. The topological polar surface area (TPSA) is 82.1 Å². The molecule has 170 valence electrons. The normalized spacial score (nSPS) is 11.7. The first kappa shape index (κ1) is 24.7. The predicted octanol–water partition coefficient (Wildman–Crippen LogP) is 4.90. The highest BCUT2D eigenvalue weighted by Gasteiger charge is 2.34. The van der Waals surface area contributed by atoms with Gasteiger partial charge in [-0.15, -0.1) is 6.58 Å². The fourth-order valence-corrected chi connectivity index (χ4v) is 2.85. The third-order valence-electron chi connectivity index (χ3n) is 4.26. The van der Waals surface area contributed by atoms with Crippen LogP contribution in [-0.2, 0) is 32.0 Å². The van der Waals surface area contributed by atoms with Crippen LogP contribution in [0.1, 0.15) is 31.9 Å². The second-order valence-corrected chi connectivity index (χ2v) is 8.07. The van der Waals surface area contributed by atoms with Crippen LogP contribution in [0, 0.1) is 0 Å². The molecule has 0 aromatic heterocycles. The molecule has 0 aliphatic heterocycles. The molecule has 2 rings (SSSR count). The van der Waals surface area contributed by atoms with Crippen molar-refractivity contribution in [2.24, 2.45) is 0 Å². The summed E-state index contributed by atoms with van der Waals surface area (Å²) in [7, 11) is 0. The van der Waals surface area contributed by atoms with Gasteiger partial charge >= 0.3 is 18.2 Å². The lowest BCUT2D eigenvalue weighted by Gasteiger charge is -2.29. The first-order chi connectivity index (χ1) is 15.2. The molecule has 0 unspecified atom stereocenters. The van der Waals surface area contributed by atoms with E-state index in [0.29, 0.717) is 0 Å². The van der Waals surface area contributed by atoms with Crippen LogP contribution >= 0.6 is 0 Å². The monoisotopic (exact) mass is 439 g/mol. The lowest BCUT2D eigenvalue weighted by atomic mass is 10.0. The fourth-order valence-electron chi connectivity index (χ4n) is 2.85. The summed E-state index contributed by atoms with van der Waals surface area (Å²) in [6.07, 6.45) is -0.547. The Morgan fingerprint density at radius 3 is 2.06 bits per heavy atom. The Balaban J connectivity index is 2.22. The van der Waals surface area contributed by atoms with Gasteiger partial charge in [0.1, 0.15) is 18.2 Å².